The van der Waals surface area contributed by atoms with Gasteiger partial charge in [0.1, 0.15) is 5.82 Å². The number of benzene rings is 1. The van der Waals surface area contributed by atoms with Crippen LogP contribution in [-0.2, 0) is 6.18 Å². The molecule has 0 saturated carbocycles. The summed E-state index contributed by atoms with van der Waals surface area (Å²) in [5, 5.41) is 13.6. The molecule has 134 valence electrons. The highest BCUT2D eigenvalue weighted by atomic mass is 19.4. The van der Waals surface area contributed by atoms with Gasteiger partial charge in [0.25, 0.3) is 5.69 Å². The van der Waals surface area contributed by atoms with Gasteiger partial charge in [-0.25, -0.2) is 4.98 Å². The molecule has 10 heteroatoms. The largest absolute Gasteiger partial charge is 0.433 e. The van der Waals surface area contributed by atoms with E-state index in [0.29, 0.717) is 5.56 Å². The van der Waals surface area contributed by atoms with E-state index >= 15 is 0 Å². The summed E-state index contributed by atoms with van der Waals surface area (Å²) < 4.78 is 39.0. The van der Waals surface area contributed by atoms with Gasteiger partial charge in [0.15, 0.2) is 5.69 Å². The highest BCUT2D eigenvalue weighted by Gasteiger charge is 2.34. The molecule has 0 aliphatic rings. The van der Waals surface area contributed by atoms with Crippen molar-refractivity contribution in [2.24, 2.45) is 0 Å². The lowest BCUT2D eigenvalue weighted by Gasteiger charge is -2.18. The highest BCUT2D eigenvalue weighted by Crippen LogP contribution is 2.31. The minimum atomic E-state index is -4.61. The second-order valence-corrected chi connectivity index (χ2v) is 5.55. The molecule has 0 saturated heterocycles. The molecule has 0 amide bonds. The third-order valence-electron chi connectivity index (χ3n) is 3.39. The maximum Gasteiger partial charge on any atom is 0.433 e. The Morgan fingerprint density at radius 1 is 1.24 bits per heavy atom. The number of aromatic nitrogens is 2. The van der Waals surface area contributed by atoms with Crippen molar-refractivity contribution in [3.63, 3.8) is 0 Å². The van der Waals surface area contributed by atoms with E-state index in [1.807, 2.05) is 0 Å². The van der Waals surface area contributed by atoms with Crippen LogP contribution in [0.4, 0.5) is 30.6 Å². The molecule has 1 unspecified atom stereocenters. The van der Waals surface area contributed by atoms with Crippen molar-refractivity contribution in [1.29, 1.82) is 0 Å². The predicted molar refractivity (Wildman–Crippen MR) is 86.5 cm³/mol. The Balaban J connectivity index is 2.34. The summed E-state index contributed by atoms with van der Waals surface area (Å²) >= 11 is 0. The first kappa shape index (κ1) is 18.4. The molecule has 7 nitrogen and oxygen atoms in total. The van der Waals surface area contributed by atoms with E-state index in [1.54, 1.807) is 27.1 Å². The van der Waals surface area contributed by atoms with Gasteiger partial charge < -0.3 is 10.2 Å². The number of anilines is 2. The summed E-state index contributed by atoms with van der Waals surface area (Å²) in [7, 11) is 3.13. The number of alkyl halides is 3. The van der Waals surface area contributed by atoms with Crippen molar-refractivity contribution < 1.29 is 18.1 Å². The summed E-state index contributed by atoms with van der Waals surface area (Å²) in [5.41, 5.74) is -0.647. The molecule has 0 fully saturated rings. The summed E-state index contributed by atoms with van der Waals surface area (Å²) in [6, 6.07) is 6.13. The number of nitro groups is 1. The predicted octanol–water partition coefficient (Wildman–Crippen LogP) is 3.64. The van der Waals surface area contributed by atoms with Crippen molar-refractivity contribution in [2.45, 2.75) is 19.1 Å². The molecule has 0 aliphatic carbocycles. The van der Waals surface area contributed by atoms with Gasteiger partial charge in [-0.3, -0.25) is 10.1 Å². The zero-order valence-corrected chi connectivity index (χ0v) is 13.7. The van der Waals surface area contributed by atoms with Crippen molar-refractivity contribution in [2.75, 3.05) is 24.3 Å². The Morgan fingerprint density at radius 2 is 1.92 bits per heavy atom. The summed E-state index contributed by atoms with van der Waals surface area (Å²) in [5.74, 6) is -0.117. The Kier molecular flexibility index (Phi) is 5.10. The van der Waals surface area contributed by atoms with Crippen LogP contribution in [0.5, 0.6) is 0 Å². The molecular weight excluding hydrogens is 339 g/mol. The number of halogens is 3. The SMILES string of the molecule is CC(Nc1nc(N(C)C)cc(C(F)(F)F)n1)c1cccc([N+](=O)[O-])c1. The molecule has 0 spiro atoms. The smallest absolute Gasteiger partial charge is 0.363 e. The molecule has 1 heterocycles. The number of nitrogens with zero attached hydrogens (tertiary/aromatic N) is 4. The summed E-state index contributed by atoms with van der Waals surface area (Å²) in [4.78, 5) is 19.3. The fraction of sp³-hybridized carbons (Fsp3) is 0.333. The van der Waals surface area contributed by atoms with Crippen molar-refractivity contribution in [1.82, 2.24) is 9.97 Å². The quantitative estimate of drug-likeness (QED) is 0.651. The van der Waals surface area contributed by atoms with E-state index in [2.05, 4.69) is 15.3 Å². The highest BCUT2D eigenvalue weighted by molar-refractivity contribution is 5.46. The first-order chi connectivity index (χ1) is 11.6. The fourth-order valence-electron chi connectivity index (χ4n) is 2.06. The first-order valence-electron chi connectivity index (χ1n) is 7.22. The molecule has 1 atom stereocenters. The number of nitrogens with one attached hydrogen (secondary N) is 1. The lowest BCUT2D eigenvalue weighted by atomic mass is 10.1. The standard InChI is InChI=1S/C15H16F3N5O2/c1-9(10-5-4-6-11(7-10)23(24)25)19-14-20-12(15(16,17)18)8-13(21-14)22(2)3/h4-9H,1-3H3,(H,19,20,21). The van der Waals surface area contributed by atoms with Gasteiger partial charge in [0, 0.05) is 32.3 Å². The molecule has 1 N–H and O–H groups in total. The van der Waals surface area contributed by atoms with Gasteiger partial charge in [0.05, 0.1) is 11.0 Å². The number of non-ortho nitro benzene ring substituents is 1. The fourth-order valence-corrected chi connectivity index (χ4v) is 2.06. The Morgan fingerprint density at radius 3 is 2.48 bits per heavy atom. The van der Waals surface area contributed by atoms with E-state index < -0.39 is 22.8 Å². The molecule has 25 heavy (non-hydrogen) atoms. The van der Waals surface area contributed by atoms with Gasteiger partial charge in [-0.15, -0.1) is 0 Å². The second kappa shape index (κ2) is 6.91. The van der Waals surface area contributed by atoms with Crippen LogP contribution in [0.25, 0.3) is 0 Å². The van der Waals surface area contributed by atoms with Crippen LogP contribution < -0.4 is 10.2 Å². The molecule has 2 aromatic rings. The van der Waals surface area contributed by atoms with Crippen LogP contribution in [-0.4, -0.2) is 29.0 Å². The van der Waals surface area contributed by atoms with Gasteiger partial charge in [-0.05, 0) is 12.5 Å². The lowest BCUT2D eigenvalue weighted by molar-refractivity contribution is -0.384. The van der Waals surface area contributed by atoms with Gasteiger partial charge in [-0.2, -0.15) is 18.2 Å². The van der Waals surface area contributed by atoms with Crippen molar-refractivity contribution >= 4 is 17.5 Å². The van der Waals surface area contributed by atoms with E-state index in [1.165, 1.54) is 23.1 Å². The van der Waals surface area contributed by atoms with Gasteiger partial charge >= 0.3 is 6.18 Å². The second-order valence-electron chi connectivity index (χ2n) is 5.55. The number of hydrogen-bond donors (Lipinski definition) is 1. The minimum Gasteiger partial charge on any atom is -0.363 e. The van der Waals surface area contributed by atoms with E-state index in [-0.39, 0.29) is 17.5 Å². The molecule has 0 aliphatic heterocycles. The van der Waals surface area contributed by atoms with Gasteiger partial charge in [0.2, 0.25) is 5.95 Å². The molecular formula is C15H16F3N5O2. The zero-order chi connectivity index (χ0) is 18.8. The average Bonchev–Trinajstić information content (AvgIpc) is 2.53. The van der Waals surface area contributed by atoms with Crippen molar-refractivity contribution in [3.05, 3.63) is 51.7 Å². The summed E-state index contributed by atoms with van der Waals surface area (Å²) in [6.07, 6.45) is -4.61. The van der Waals surface area contributed by atoms with Crippen LogP contribution in [0.2, 0.25) is 0 Å². The van der Waals surface area contributed by atoms with E-state index in [0.717, 1.165) is 6.07 Å². The average molecular weight is 355 g/mol. The monoisotopic (exact) mass is 355 g/mol. The van der Waals surface area contributed by atoms with Crippen LogP contribution in [0.15, 0.2) is 30.3 Å². The number of hydrogen-bond acceptors (Lipinski definition) is 6. The third-order valence-corrected chi connectivity index (χ3v) is 3.39. The maximum atomic E-state index is 13.0. The number of nitro benzene ring substituents is 1. The minimum absolute atomic E-state index is 0.0936. The zero-order valence-electron chi connectivity index (χ0n) is 13.7. The van der Waals surface area contributed by atoms with E-state index in [9.17, 15) is 23.3 Å². The Bertz CT molecular complexity index is 780. The van der Waals surface area contributed by atoms with Gasteiger partial charge in [-0.1, -0.05) is 12.1 Å². The molecule has 2 rings (SSSR count). The normalized spacial score (nSPS) is 12.6. The Labute approximate surface area is 141 Å². The first-order valence-corrected chi connectivity index (χ1v) is 7.22. The Hall–Kier alpha value is -2.91. The van der Waals surface area contributed by atoms with Crippen LogP contribution >= 0.6 is 0 Å². The number of rotatable bonds is 5. The lowest BCUT2D eigenvalue weighted by Crippen LogP contribution is -2.18. The van der Waals surface area contributed by atoms with E-state index in [4.69, 9.17) is 0 Å². The molecule has 0 radical (unpaired) electrons. The van der Waals surface area contributed by atoms with Crippen LogP contribution in [0, 0.1) is 10.1 Å². The molecule has 0 bridgehead atoms. The molecule has 1 aromatic carbocycles. The van der Waals surface area contributed by atoms with Crippen molar-refractivity contribution in [3.8, 4) is 0 Å². The van der Waals surface area contributed by atoms with Crippen LogP contribution in [0.1, 0.15) is 24.2 Å². The maximum absolute atomic E-state index is 13.0. The topological polar surface area (TPSA) is 84.2 Å². The summed E-state index contributed by atoms with van der Waals surface area (Å²) in [6.45, 7) is 1.65. The molecule has 1 aromatic heterocycles. The van der Waals surface area contributed by atoms with Crippen LogP contribution in [0.3, 0.4) is 0 Å². The third kappa shape index (κ3) is 4.55.